The summed E-state index contributed by atoms with van der Waals surface area (Å²) in [5.74, 6) is 0. The highest BCUT2D eigenvalue weighted by molar-refractivity contribution is 5.82. The van der Waals surface area contributed by atoms with Gasteiger partial charge in [0.2, 0.25) is 0 Å². The second-order valence-corrected chi connectivity index (χ2v) is 7.88. The van der Waals surface area contributed by atoms with Crippen LogP contribution in [0.3, 0.4) is 0 Å². The van der Waals surface area contributed by atoms with Crippen LogP contribution >= 0.6 is 0 Å². The lowest BCUT2D eigenvalue weighted by atomic mass is 9.72. The van der Waals surface area contributed by atoms with E-state index in [4.69, 9.17) is 0 Å². The van der Waals surface area contributed by atoms with Crippen molar-refractivity contribution in [2.45, 2.75) is 51.4 Å². The van der Waals surface area contributed by atoms with Crippen molar-refractivity contribution < 1.29 is 0 Å². The number of pyridine rings is 2. The van der Waals surface area contributed by atoms with Crippen LogP contribution in [0.4, 0.5) is 0 Å². The van der Waals surface area contributed by atoms with E-state index >= 15 is 0 Å². The summed E-state index contributed by atoms with van der Waals surface area (Å²) in [4.78, 5) is 8.65. The summed E-state index contributed by atoms with van der Waals surface area (Å²) in [6.45, 7) is 9.33. The van der Waals surface area contributed by atoms with E-state index in [2.05, 4.69) is 80.1 Å². The van der Waals surface area contributed by atoms with Crippen molar-refractivity contribution in [1.82, 2.24) is 9.97 Å². The molecule has 0 aliphatic carbocycles. The Morgan fingerprint density at radius 1 is 0.750 bits per heavy atom. The number of hydrogen-bond donors (Lipinski definition) is 0. The highest BCUT2D eigenvalue weighted by Gasteiger charge is 2.28. The molecule has 0 aliphatic heterocycles. The van der Waals surface area contributed by atoms with E-state index in [9.17, 15) is 0 Å². The molecule has 0 unspecified atom stereocenters. The van der Waals surface area contributed by atoms with Crippen LogP contribution in [-0.4, -0.2) is 9.97 Å². The van der Waals surface area contributed by atoms with Gasteiger partial charge < -0.3 is 0 Å². The van der Waals surface area contributed by atoms with Crippen LogP contribution in [0.15, 0.2) is 61.1 Å². The fourth-order valence-electron chi connectivity index (χ4n) is 3.39. The normalized spacial score (nSPS) is 12.5. The maximum atomic E-state index is 4.50. The third-order valence-corrected chi connectivity index (χ3v) is 5.21. The van der Waals surface area contributed by atoms with Gasteiger partial charge in [0.1, 0.15) is 0 Å². The zero-order chi connectivity index (χ0) is 17.2. The minimum atomic E-state index is 0.104. The molecule has 3 rings (SSSR count). The maximum absolute atomic E-state index is 4.50. The van der Waals surface area contributed by atoms with Crippen molar-refractivity contribution in [3.05, 3.63) is 72.2 Å². The predicted octanol–water partition coefficient (Wildman–Crippen LogP) is 5.67. The molecule has 0 atom stereocenters. The second kappa shape index (κ2) is 6.35. The van der Waals surface area contributed by atoms with E-state index in [1.807, 2.05) is 18.6 Å². The molecule has 0 spiro atoms. The molecule has 124 valence electrons. The first-order valence-electron chi connectivity index (χ1n) is 8.65. The number of fused-ring (bicyclic) bond motifs is 1. The highest BCUT2D eigenvalue weighted by atomic mass is 14.6. The molecule has 0 bridgehead atoms. The van der Waals surface area contributed by atoms with Crippen molar-refractivity contribution in [2.75, 3.05) is 0 Å². The summed E-state index contributed by atoms with van der Waals surface area (Å²) in [6.07, 6.45) is 7.96. The van der Waals surface area contributed by atoms with Crippen molar-refractivity contribution in [1.29, 1.82) is 0 Å². The van der Waals surface area contributed by atoms with Gasteiger partial charge in [0, 0.05) is 24.0 Å². The lowest BCUT2D eigenvalue weighted by Crippen LogP contribution is -2.24. The van der Waals surface area contributed by atoms with Gasteiger partial charge in [-0.25, -0.2) is 0 Å². The van der Waals surface area contributed by atoms with Gasteiger partial charge in [-0.05, 0) is 59.1 Å². The van der Waals surface area contributed by atoms with Gasteiger partial charge in [-0.2, -0.15) is 0 Å². The van der Waals surface area contributed by atoms with Crippen molar-refractivity contribution >= 4 is 10.9 Å². The molecule has 0 aliphatic rings. The Morgan fingerprint density at radius 3 is 2.17 bits per heavy atom. The number of rotatable bonds is 5. The smallest absolute Gasteiger partial charge is 0.0704 e. The molecule has 1 aromatic carbocycles. The maximum Gasteiger partial charge on any atom is 0.0704 e. The van der Waals surface area contributed by atoms with Crippen molar-refractivity contribution in [3.63, 3.8) is 0 Å². The fourth-order valence-corrected chi connectivity index (χ4v) is 3.39. The van der Waals surface area contributed by atoms with Crippen LogP contribution in [0.1, 0.15) is 51.7 Å². The van der Waals surface area contributed by atoms with Crippen LogP contribution in [0.5, 0.6) is 0 Å². The molecule has 3 aromatic rings. The van der Waals surface area contributed by atoms with E-state index in [1.54, 1.807) is 0 Å². The van der Waals surface area contributed by atoms with E-state index in [1.165, 1.54) is 16.5 Å². The lowest BCUT2D eigenvalue weighted by molar-refractivity contribution is 0.376. The minimum Gasteiger partial charge on any atom is -0.265 e. The summed E-state index contributed by atoms with van der Waals surface area (Å²) in [5, 5.41) is 1.27. The Hall–Kier alpha value is -2.22. The zero-order valence-corrected chi connectivity index (χ0v) is 15.1. The number of para-hydroxylation sites is 1. The Bertz CT molecular complexity index is 814. The third kappa shape index (κ3) is 3.33. The van der Waals surface area contributed by atoms with Gasteiger partial charge in [-0.3, -0.25) is 9.97 Å². The van der Waals surface area contributed by atoms with E-state index in [0.717, 1.165) is 18.4 Å². The molecule has 0 saturated heterocycles. The third-order valence-electron chi connectivity index (χ3n) is 5.21. The van der Waals surface area contributed by atoms with Crippen LogP contribution in [0.25, 0.3) is 10.9 Å². The monoisotopic (exact) mass is 318 g/mol. The van der Waals surface area contributed by atoms with Gasteiger partial charge in [-0.1, -0.05) is 45.9 Å². The summed E-state index contributed by atoms with van der Waals surface area (Å²) in [6, 6.07) is 14.9. The van der Waals surface area contributed by atoms with E-state index in [-0.39, 0.29) is 10.8 Å². The molecular formula is C22H26N2. The second-order valence-electron chi connectivity index (χ2n) is 7.88. The predicted molar refractivity (Wildman–Crippen MR) is 101 cm³/mol. The lowest BCUT2D eigenvalue weighted by Gasteiger charge is -2.32. The SMILES string of the molecule is CC(C)(CCC(C)(C)c1ccnc2ccccc12)c1ccncc1. The fraction of sp³-hybridized carbons (Fsp3) is 0.364. The van der Waals surface area contributed by atoms with E-state index < -0.39 is 0 Å². The molecular weight excluding hydrogens is 292 g/mol. The van der Waals surface area contributed by atoms with Crippen molar-refractivity contribution in [3.8, 4) is 0 Å². The first-order valence-corrected chi connectivity index (χ1v) is 8.65. The number of aromatic nitrogens is 2. The number of benzene rings is 1. The number of nitrogens with zero attached hydrogens (tertiary/aromatic N) is 2. The molecule has 0 fully saturated rings. The molecule has 0 saturated carbocycles. The summed E-state index contributed by atoms with van der Waals surface area (Å²) in [5.41, 5.74) is 4.07. The quantitative estimate of drug-likeness (QED) is 0.606. The average molecular weight is 318 g/mol. The first-order chi connectivity index (χ1) is 11.4. The molecule has 2 heterocycles. The number of hydrogen-bond acceptors (Lipinski definition) is 2. The van der Waals surface area contributed by atoms with Gasteiger partial charge >= 0.3 is 0 Å². The van der Waals surface area contributed by atoms with Crippen LogP contribution in [0, 0.1) is 0 Å². The molecule has 2 aromatic heterocycles. The van der Waals surface area contributed by atoms with E-state index in [0.29, 0.717) is 0 Å². The Kier molecular flexibility index (Phi) is 4.40. The topological polar surface area (TPSA) is 25.8 Å². The first kappa shape index (κ1) is 16.6. The average Bonchev–Trinajstić information content (AvgIpc) is 2.60. The summed E-state index contributed by atoms with van der Waals surface area (Å²) < 4.78 is 0. The Balaban J connectivity index is 1.86. The Morgan fingerprint density at radius 2 is 1.42 bits per heavy atom. The zero-order valence-electron chi connectivity index (χ0n) is 15.1. The largest absolute Gasteiger partial charge is 0.265 e. The molecule has 0 N–H and O–H groups in total. The van der Waals surface area contributed by atoms with Crippen LogP contribution < -0.4 is 0 Å². The molecule has 2 nitrogen and oxygen atoms in total. The molecule has 2 heteroatoms. The van der Waals surface area contributed by atoms with Gasteiger partial charge in [0.15, 0.2) is 0 Å². The van der Waals surface area contributed by atoms with Gasteiger partial charge in [0.05, 0.1) is 5.52 Å². The van der Waals surface area contributed by atoms with Gasteiger partial charge in [-0.15, -0.1) is 0 Å². The molecule has 24 heavy (non-hydrogen) atoms. The van der Waals surface area contributed by atoms with Gasteiger partial charge in [0.25, 0.3) is 0 Å². The molecule has 0 radical (unpaired) electrons. The van der Waals surface area contributed by atoms with Crippen LogP contribution in [0.2, 0.25) is 0 Å². The highest BCUT2D eigenvalue weighted by Crippen LogP contribution is 2.37. The molecule has 0 amide bonds. The minimum absolute atomic E-state index is 0.104. The standard InChI is InChI=1S/C22H26N2/c1-21(2,17-9-14-23-15-10-17)12-13-22(3,4)19-11-16-24-20-8-6-5-7-18(19)20/h5-11,14-16H,12-13H2,1-4H3. The summed E-state index contributed by atoms with van der Waals surface area (Å²) in [7, 11) is 0. The Labute approximate surface area is 145 Å². The van der Waals surface area contributed by atoms with Crippen LogP contribution in [-0.2, 0) is 10.8 Å². The summed E-state index contributed by atoms with van der Waals surface area (Å²) >= 11 is 0. The van der Waals surface area contributed by atoms with Crippen molar-refractivity contribution in [2.24, 2.45) is 0 Å².